The number of aliphatic hydroxyl groups excluding tert-OH is 1. The number of carbonyl (C=O) groups excluding carboxylic acids is 1. The Morgan fingerprint density at radius 1 is 1.10 bits per heavy atom. The van der Waals surface area contributed by atoms with Gasteiger partial charge in [0.25, 0.3) is 5.91 Å². The van der Waals surface area contributed by atoms with Gasteiger partial charge < -0.3 is 10.4 Å². The molecule has 2 rings (SSSR count). The van der Waals surface area contributed by atoms with Crippen LogP contribution in [-0.4, -0.2) is 17.6 Å². The third kappa shape index (κ3) is 3.45. The summed E-state index contributed by atoms with van der Waals surface area (Å²) in [6, 6.07) is 13.3. The minimum atomic E-state index is -0.0996. The van der Waals surface area contributed by atoms with Gasteiger partial charge in [-0.2, -0.15) is 0 Å². The molecule has 0 fully saturated rings. The first-order chi connectivity index (χ1) is 9.60. The topological polar surface area (TPSA) is 49.3 Å². The first kappa shape index (κ1) is 14.3. The van der Waals surface area contributed by atoms with Crippen molar-refractivity contribution in [1.29, 1.82) is 0 Å². The number of amides is 1. The van der Waals surface area contributed by atoms with Gasteiger partial charge in [0, 0.05) is 17.9 Å². The maximum Gasteiger partial charge on any atom is 0.255 e. The van der Waals surface area contributed by atoms with Crippen molar-refractivity contribution in [2.45, 2.75) is 20.3 Å². The first-order valence-corrected chi connectivity index (χ1v) is 6.68. The van der Waals surface area contributed by atoms with Gasteiger partial charge in [0.05, 0.1) is 0 Å². The van der Waals surface area contributed by atoms with Crippen LogP contribution in [-0.2, 0) is 6.42 Å². The van der Waals surface area contributed by atoms with E-state index in [-0.39, 0.29) is 12.5 Å². The molecule has 104 valence electrons. The molecule has 0 heterocycles. The molecule has 0 saturated carbocycles. The van der Waals surface area contributed by atoms with Gasteiger partial charge in [-0.05, 0) is 49.6 Å². The lowest BCUT2D eigenvalue weighted by molar-refractivity contribution is 0.102. The number of benzene rings is 2. The van der Waals surface area contributed by atoms with E-state index < -0.39 is 0 Å². The Bertz CT molecular complexity index is 603. The molecule has 1 amide bonds. The summed E-state index contributed by atoms with van der Waals surface area (Å²) < 4.78 is 0. The van der Waals surface area contributed by atoms with Gasteiger partial charge in [-0.15, -0.1) is 0 Å². The fourth-order valence-corrected chi connectivity index (χ4v) is 2.15. The molecule has 3 heteroatoms. The van der Waals surface area contributed by atoms with Crippen LogP contribution in [0.3, 0.4) is 0 Å². The van der Waals surface area contributed by atoms with Crippen molar-refractivity contribution in [2.75, 3.05) is 11.9 Å². The number of nitrogens with one attached hydrogen (secondary N) is 1. The van der Waals surface area contributed by atoms with Crippen LogP contribution in [0.15, 0.2) is 42.5 Å². The lowest BCUT2D eigenvalue weighted by Gasteiger charge is -2.09. The summed E-state index contributed by atoms with van der Waals surface area (Å²) >= 11 is 0. The summed E-state index contributed by atoms with van der Waals surface area (Å²) in [6.07, 6.45) is 0.630. The van der Waals surface area contributed by atoms with Crippen molar-refractivity contribution in [1.82, 2.24) is 0 Å². The van der Waals surface area contributed by atoms with Crippen LogP contribution in [0.2, 0.25) is 0 Å². The van der Waals surface area contributed by atoms with Crippen molar-refractivity contribution in [3.63, 3.8) is 0 Å². The zero-order valence-corrected chi connectivity index (χ0v) is 11.8. The van der Waals surface area contributed by atoms with Crippen LogP contribution in [0, 0.1) is 13.8 Å². The van der Waals surface area contributed by atoms with E-state index in [1.54, 1.807) is 0 Å². The number of anilines is 1. The second-order valence-electron chi connectivity index (χ2n) is 4.94. The second-order valence-corrected chi connectivity index (χ2v) is 4.94. The van der Waals surface area contributed by atoms with Crippen LogP contribution >= 0.6 is 0 Å². The van der Waals surface area contributed by atoms with Crippen molar-refractivity contribution < 1.29 is 9.90 Å². The summed E-state index contributed by atoms with van der Waals surface area (Å²) in [5.74, 6) is -0.0996. The van der Waals surface area contributed by atoms with Gasteiger partial charge in [-0.1, -0.05) is 29.8 Å². The van der Waals surface area contributed by atoms with Crippen LogP contribution < -0.4 is 5.32 Å². The normalized spacial score (nSPS) is 10.3. The smallest absolute Gasteiger partial charge is 0.255 e. The van der Waals surface area contributed by atoms with E-state index in [0.29, 0.717) is 12.0 Å². The van der Waals surface area contributed by atoms with Crippen LogP contribution in [0.25, 0.3) is 0 Å². The van der Waals surface area contributed by atoms with E-state index in [2.05, 4.69) is 5.32 Å². The van der Waals surface area contributed by atoms with E-state index in [0.717, 1.165) is 22.4 Å². The Kier molecular flexibility index (Phi) is 4.53. The summed E-state index contributed by atoms with van der Waals surface area (Å²) in [5.41, 5.74) is 4.62. The van der Waals surface area contributed by atoms with Gasteiger partial charge in [-0.3, -0.25) is 4.79 Å². The zero-order chi connectivity index (χ0) is 14.5. The highest BCUT2D eigenvalue weighted by Crippen LogP contribution is 2.15. The molecule has 2 aromatic carbocycles. The average molecular weight is 269 g/mol. The molecule has 2 N–H and O–H groups in total. The molecule has 0 aromatic heterocycles. The van der Waals surface area contributed by atoms with Gasteiger partial charge in [0.2, 0.25) is 0 Å². The lowest BCUT2D eigenvalue weighted by atomic mass is 10.1. The molecule has 0 bridgehead atoms. The van der Waals surface area contributed by atoms with Crippen molar-refractivity contribution in [3.05, 3.63) is 64.7 Å². The highest BCUT2D eigenvalue weighted by atomic mass is 16.2. The molecule has 0 saturated heterocycles. The zero-order valence-electron chi connectivity index (χ0n) is 11.8. The van der Waals surface area contributed by atoms with Crippen molar-refractivity contribution in [3.8, 4) is 0 Å². The SMILES string of the molecule is Cc1ccc(C(=O)Nc2ccc(CCO)cc2)c(C)c1. The Labute approximate surface area is 119 Å². The average Bonchev–Trinajstić information content (AvgIpc) is 2.41. The van der Waals surface area contributed by atoms with Crippen molar-refractivity contribution >= 4 is 11.6 Å². The molecular weight excluding hydrogens is 250 g/mol. The summed E-state index contributed by atoms with van der Waals surface area (Å²) in [7, 11) is 0. The van der Waals surface area contributed by atoms with Crippen molar-refractivity contribution in [2.24, 2.45) is 0 Å². The highest BCUT2D eigenvalue weighted by Gasteiger charge is 2.09. The maximum absolute atomic E-state index is 12.2. The minimum absolute atomic E-state index is 0.0996. The molecule has 0 atom stereocenters. The van der Waals surface area contributed by atoms with Crippen LogP contribution in [0.4, 0.5) is 5.69 Å². The molecule has 2 aromatic rings. The lowest BCUT2D eigenvalue weighted by Crippen LogP contribution is -2.13. The third-order valence-electron chi connectivity index (χ3n) is 3.24. The van der Waals surface area contributed by atoms with E-state index in [4.69, 9.17) is 5.11 Å². The monoisotopic (exact) mass is 269 g/mol. The van der Waals surface area contributed by atoms with Gasteiger partial charge in [0.1, 0.15) is 0 Å². The van der Waals surface area contributed by atoms with Gasteiger partial charge in [0.15, 0.2) is 0 Å². The van der Waals surface area contributed by atoms with E-state index in [9.17, 15) is 4.79 Å². The standard InChI is InChI=1S/C17H19NO2/c1-12-3-8-16(13(2)11-12)17(20)18-15-6-4-14(5-7-15)9-10-19/h3-8,11,19H,9-10H2,1-2H3,(H,18,20). The number of aliphatic hydroxyl groups is 1. The minimum Gasteiger partial charge on any atom is -0.396 e. The molecule has 20 heavy (non-hydrogen) atoms. The van der Waals surface area contributed by atoms with Gasteiger partial charge >= 0.3 is 0 Å². The predicted octanol–water partition coefficient (Wildman–Crippen LogP) is 3.09. The maximum atomic E-state index is 12.2. The molecule has 0 radical (unpaired) electrons. The Morgan fingerprint density at radius 3 is 2.40 bits per heavy atom. The van der Waals surface area contributed by atoms with E-state index in [1.165, 1.54) is 0 Å². The highest BCUT2D eigenvalue weighted by molar-refractivity contribution is 6.05. The predicted molar refractivity (Wildman–Crippen MR) is 81.1 cm³/mol. The number of rotatable bonds is 4. The Balaban J connectivity index is 2.11. The van der Waals surface area contributed by atoms with Crippen LogP contribution in [0.1, 0.15) is 27.0 Å². The quantitative estimate of drug-likeness (QED) is 0.896. The molecule has 0 aliphatic rings. The molecule has 0 aliphatic heterocycles. The number of aryl methyl sites for hydroxylation is 2. The molecule has 3 nitrogen and oxygen atoms in total. The number of hydrogen-bond donors (Lipinski definition) is 2. The molecule has 0 unspecified atom stereocenters. The largest absolute Gasteiger partial charge is 0.396 e. The number of hydrogen-bond acceptors (Lipinski definition) is 2. The van der Waals surface area contributed by atoms with Crippen LogP contribution in [0.5, 0.6) is 0 Å². The third-order valence-corrected chi connectivity index (χ3v) is 3.24. The first-order valence-electron chi connectivity index (χ1n) is 6.68. The second kappa shape index (κ2) is 6.35. The Morgan fingerprint density at radius 2 is 1.80 bits per heavy atom. The summed E-state index contributed by atoms with van der Waals surface area (Å²) in [6.45, 7) is 4.08. The fraction of sp³-hybridized carbons (Fsp3) is 0.235. The molecular formula is C17H19NO2. The molecule has 0 spiro atoms. The number of carbonyl (C=O) groups is 1. The van der Waals surface area contributed by atoms with Gasteiger partial charge in [-0.25, -0.2) is 0 Å². The molecule has 0 aliphatic carbocycles. The summed E-state index contributed by atoms with van der Waals surface area (Å²) in [5, 5.41) is 11.8. The summed E-state index contributed by atoms with van der Waals surface area (Å²) in [4.78, 5) is 12.2. The van der Waals surface area contributed by atoms with E-state index in [1.807, 2.05) is 56.3 Å². The van der Waals surface area contributed by atoms with E-state index >= 15 is 0 Å². The fourth-order valence-electron chi connectivity index (χ4n) is 2.15. The Hall–Kier alpha value is -2.13.